The molecule has 0 aliphatic carbocycles. The number of ether oxygens (including phenoxy) is 1. The van der Waals surface area contributed by atoms with Crippen molar-refractivity contribution in [2.75, 3.05) is 12.3 Å². The minimum absolute atomic E-state index is 0.0265. The standard InChI is InChI=1S/C10H13N5O2/c11-7-3-4-12-10-9(7)13-14-15(10)8-2-1-6(5-16)17-8/h3-4,6,8,16H,1-2,5H2,(H2,11,12)/t6-,8-/m0/s1. The van der Waals surface area contributed by atoms with Gasteiger partial charge in [0.15, 0.2) is 17.4 Å². The van der Waals surface area contributed by atoms with Crippen molar-refractivity contribution in [3.8, 4) is 0 Å². The van der Waals surface area contributed by atoms with E-state index in [-0.39, 0.29) is 18.9 Å². The number of rotatable bonds is 2. The highest BCUT2D eigenvalue weighted by molar-refractivity contribution is 5.82. The highest BCUT2D eigenvalue weighted by Crippen LogP contribution is 2.29. The zero-order chi connectivity index (χ0) is 11.8. The minimum atomic E-state index is -0.216. The molecule has 1 fully saturated rings. The molecule has 17 heavy (non-hydrogen) atoms. The molecule has 7 heteroatoms. The molecule has 0 amide bonds. The first-order valence-electron chi connectivity index (χ1n) is 5.51. The number of pyridine rings is 1. The number of nitrogens with zero attached hydrogens (tertiary/aromatic N) is 4. The lowest BCUT2D eigenvalue weighted by molar-refractivity contribution is -0.0271. The van der Waals surface area contributed by atoms with E-state index in [4.69, 9.17) is 15.6 Å². The van der Waals surface area contributed by atoms with Gasteiger partial charge in [0.1, 0.15) is 0 Å². The van der Waals surface area contributed by atoms with E-state index in [9.17, 15) is 0 Å². The molecule has 0 spiro atoms. The number of nitrogen functional groups attached to an aromatic ring is 1. The SMILES string of the molecule is Nc1ccnc2c1nnn2[C@@H]1CC[C@@H](CO)O1. The van der Waals surface area contributed by atoms with Gasteiger partial charge in [0.2, 0.25) is 0 Å². The molecule has 3 heterocycles. The molecule has 3 N–H and O–H groups in total. The van der Waals surface area contributed by atoms with Gasteiger partial charge in [-0.2, -0.15) is 4.68 Å². The maximum absolute atomic E-state index is 9.03. The Morgan fingerprint density at radius 1 is 1.53 bits per heavy atom. The maximum Gasteiger partial charge on any atom is 0.183 e. The second-order valence-corrected chi connectivity index (χ2v) is 4.08. The first-order valence-corrected chi connectivity index (χ1v) is 5.51. The first-order chi connectivity index (χ1) is 8.29. The average Bonchev–Trinajstić information content (AvgIpc) is 2.94. The summed E-state index contributed by atoms with van der Waals surface area (Å²) in [5.41, 5.74) is 7.54. The molecule has 1 aliphatic rings. The summed E-state index contributed by atoms with van der Waals surface area (Å²) in [6, 6.07) is 1.69. The molecule has 2 aromatic rings. The fourth-order valence-corrected chi connectivity index (χ4v) is 2.06. The van der Waals surface area contributed by atoms with Crippen molar-refractivity contribution >= 4 is 16.9 Å². The number of nitrogens with two attached hydrogens (primary N) is 1. The Morgan fingerprint density at radius 2 is 2.41 bits per heavy atom. The summed E-state index contributed by atoms with van der Waals surface area (Å²) in [6.07, 6.45) is 2.88. The second kappa shape index (κ2) is 3.94. The van der Waals surface area contributed by atoms with Crippen molar-refractivity contribution in [1.29, 1.82) is 0 Å². The molecule has 0 saturated carbocycles. The molecular weight excluding hydrogens is 222 g/mol. The van der Waals surface area contributed by atoms with Crippen LogP contribution in [0, 0.1) is 0 Å². The van der Waals surface area contributed by atoms with Gasteiger partial charge in [0.25, 0.3) is 0 Å². The third kappa shape index (κ3) is 1.63. The molecule has 2 atom stereocenters. The Bertz CT molecular complexity index is 540. The lowest BCUT2D eigenvalue weighted by Crippen LogP contribution is -2.15. The first kappa shape index (κ1) is 10.4. The monoisotopic (exact) mass is 235 g/mol. The van der Waals surface area contributed by atoms with Crippen LogP contribution in [-0.4, -0.2) is 37.8 Å². The summed E-state index contributed by atoms with van der Waals surface area (Å²) in [5.74, 6) is 0. The Kier molecular flexibility index (Phi) is 2.41. The summed E-state index contributed by atoms with van der Waals surface area (Å²) < 4.78 is 7.26. The fraction of sp³-hybridized carbons (Fsp3) is 0.500. The molecule has 1 aliphatic heterocycles. The predicted molar refractivity (Wildman–Crippen MR) is 60.0 cm³/mol. The van der Waals surface area contributed by atoms with Gasteiger partial charge < -0.3 is 15.6 Å². The molecular formula is C10H13N5O2. The van der Waals surface area contributed by atoms with Crippen LogP contribution < -0.4 is 5.73 Å². The Labute approximate surface area is 97.2 Å². The summed E-state index contributed by atoms with van der Waals surface area (Å²) >= 11 is 0. The zero-order valence-electron chi connectivity index (χ0n) is 9.15. The molecule has 0 radical (unpaired) electrons. The molecule has 0 unspecified atom stereocenters. The lowest BCUT2D eigenvalue weighted by atomic mass is 10.2. The van der Waals surface area contributed by atoms with Gasteiger partial charge in [-0.3, -0.25) is 0 Å². The topological polar surface area (TPSA) is 99.1 Å². The van der Waals surface area contributed by atoms with Crippen LogP contribution in [0.25, 0.3) is 11.2 Å². The minimum Gasteiger partial charge on any atom is -0.397 e. The highest BCUT2D eigenvalue weighted by atomic mass is 16.5. The summed E-state index contributed by atoms with van der Waals surface area (Å²) in [7, 11) is 0. The van der Waals surface area contributed by atoms with Crippen LogP contribution in [0.15, 0.2) is 12.3 Å². The van der Waals surface area contributed by atoms with Crippen molar-refractivity contribution in [3.63, 3.8) is 0 Å². The largest absolute Gasteiger partial charge is 0.397 e. The van der Waals surface area contributed by atoms with Gasteiger partial charge in [-0.25, -0.2) is 4.98 Å². The van der Waals surface area contributed by atoms with Crippen molar-refractivity contribution in [1.82, 2.24) is 20.0 Å². The molecule has 0 aromatic carbocycles. The normalized spacial score (nSPS) is 24.5. The number of hydrogen-bond acceptors (Lipinski definition) is 6. The van der Waals surface area contributed by atoms with Crippen molar-refractivity contribution < 1.29 is 9.84 Å². The van der Waals surface area contributed by atoms with Crippen molar-refractivity contribution in [2.24, 2.45) is 0 Å². The van der Waals surface area contributed by atoms with E-state index in [2.05, 4.69) is 15.3 Å². The number of aliphatic hydroxyl groups is 1. The molecule has 1 saturated heterocycles. The highest BCUT2D eigenvalue weighted by Gasteiger charge is 2.28. The van der Waals surface area contributed by atoms with E-state index < -0.39 is 0 Å². The van der Waals surface area contributed by atoms with E-state index in [1.807, 2.05) is 0 Å². The maximum atomic E-state index is 9.03. The van der Waals surface area contributed by atoms with Crippen LogP contribution in [0.2, 0.25) is 0 Å². The average molecular weight is 235 g/mol. The predicted octanol–water partition coefficient (Wildman–Crippen LogP) is 0.0784. The van der Waals surface area contributed by atoms with E-state index in [0.29, 0.717) is 16.9 Å². The van der Waals surface area contributed by atoms with Crippen molar-refractivity contribution in [2.45, 2.75) is 25.2 Å². The molecule has 7 nitrogen and oxygen atoms in total. The van der Waals surface area contributed by atoms with Gasteiger partial charge in [-0.05, 0) is 18.9 Å². The second-order valence-electron chi connectivity index (χ2n) is 4.08. The Hall–Kier alpha value is -1.73. The van der Waals surface area contributed by atoms with Crippen LogP contribution in [0.3, 0.4) is 0 Å². The van der Waals surface area contributed by atoms with E-state index >= 15 is 0 Å². The zero-order valence-corrected chi connectivity index (χ0v) is 9.15. The van der Waals surface area contributed by atoms with Gasteiger partial charge in [-0.1, -0.05) is 5.21 Å². The summed E-state index contributed by atoms with van der Waals surface area (Å²) in [4.78, 5) is 4.21. The molecule has 2 aromatic heterocycles. The third-order valence-electron chi connectivity index (χ3n) is 2.96. The molecule has 3 rings (SSSR count). The van der Waals surface area contributed by atoms with Gasteiger partial charge in [-0.15, -0.1) is 5.10 Å². The molecule has 90 valence electrons. The fourth-order valence-electron chi connectivity index (χ4n) is 2.06. The van der Waals surface area contributed by atoms with Gasteiger partial charge in [0, 0.05) is 6.20 Å². The van der Waals surface area contributed by atoms with Crippen LogP contribution >= 0.6 is 0 Å². The van der Waals surface area contributed by atoms with Gasteiger partial charge >= 0.3 is 0 Å². The summed E-state index contributed by atoms with van der Waals surface area (Å²) in [5, 5.41) is 17.1. The van der Waals surface area contributed by atoms with E-state index in [0.717, 1.165) is 12.8 Å². The lowest BCUT2D eigenvalue weighted by Gasteiger charge is -2.11. The number of anilines is 1. The Morgan fingerprint density at radius 3 is 3.18 bits per heavy atom. The van der Waals surface area contributed by atoms with Crippen molar-refractivity contribution in [3.05, 3.63) is 12.3 Å². The Balaban J connectivity index is 1.99. The van der Waals surface area contributed by atoms with Gasteiger partial charge in [0.05, 0.1) is 18.4 Å². The van der Waals surface area contributed by atoms with E-state index in [1.54, 1.807) is 16.9 Å². The summed E-state index contributed by atoms with van der Waals surface area (Å²) in [6.45, 7) is 0.0265. The third-order valence-corrected chi connectivity index (χ3v) is 2.96. The van der Waals surface area contributed by atoms with Crippen LogP contribution in [0.5, 0.6) is 0 Å². The molecule has 0 bridgehead atoms. The number of hydrogen-bond donors (Lipinski definition) is 2. The van der Waals surface area contributed by atoms with Crippen LogP contribution in [0.1, 0.15) is 19.1 Å². The van der Waals surface area contributed by atoms with Crippen LogP contribution in [0.4, 0.5) is 5.69 Å². The van der Waals surface area contributed by atoms with E-state index in [1.165, 1.54) is 0 Å². The number of aliphatic hydroxyl groups excluding tert-OH is 1. The number of aromatic nitrogens is 4. The smallest absolute Gasteiger partial charge is 0.183 e. The quantitative estimate of drug-likeness (QED) is 0.764. The number of fused-ring (bicyclic) bond motifs is 1. The van der Waals surface area contributed by atoms with Crippen LogP contribution in [-0.2, 0) is 4.74 Å².